The number of aliphatic imine (C=N–C) groups is 1. The van der Waals surface area contributed by atoms with Crippen LogP contribution in [0.1, 0.15) is 11.3 Å². The maximum Gasteiger partial charge on any atom is 0.267 e. The fourth-order valence-electron chi connectivity index (χ4n) is 2.61. The molecule has 0 bridgehead atoms. The lowest BCUT2D eigenvalue weighted by atomic mass is 10.2. The highest BCUT2D eigenvalue weighted by Crippen LogP contribution is 2.35. The third-order valence-electron chi connectivity index (χ3n) is 3.93. The average Bonchev–Trinajstić information content (AvgIpc) is 3.29. The van der Waals surface area contributed by atoms with Gasteiger partial charge in [0.15, 0.2) is 5.17 Å². The monoisotopic (exact) mass is 394 g/mol. The minimum Gasteiger partial charge on any atom is -0.467 e. The summed E-state index contributed by atoms with van der Waals surface area (Å²) in [5, 5.41) is 1.29. The molecule has 27 heavy (non-hydrogen) atoms. The molecule has 4 nitrogen and oxygen atoms in total. The number of nitrogens with zero attached hydrogens (tertiary/aromatic N) is 2. The number of rotatable bonds is 4. The number of para-hydroxylation sites is 1. The molecule has 0 aliphatic carbocycles. The van der Waals surface area contributed by atoms with E-state index in [1.165, 1.54) is 11.8 Å². The maximum atomic E-state index is 13.0. The van der Waals surface area contributed by atoms with E-state index in [9.17, 15) is 4.79 Å². The number of halogens is 1. The molecule has 134 valence electrons. The van der Waals surface area contributed by atoms with Crippen LogP contribution in [-0.4, -0.2) is 16.0 Å². The van der Waals surface area contributed by atoms with Crippen molar-refractivity contribution in [2.45, 2.75) is 6.54 Å². The van der Waals surface area contributed by atoms with E-state index < -0.39 is 0 Å². The Kier molecular flexibility index (Phi) is 5.14. The molecule has 0 atom stereocenters. The lowest BCUT2D eigenvalue weighted by Crippen LogP contribution is -2.28. The molecule has 4 rings (SSSR count). The minimum atomic E-state index is -0.0963. The predicted octanol–water partition coefficient (Wildman–Crippen LogP) is 5.74. The predicted molar refractivity (Wildman–Crippen MR) is 110 cm³/mol. The summed E-state index contributed by atoms with van der Waals surface area (Å²) in [4.78, 5) is 19.9. The van der Waals surface area contributed by atoms with Crippen LogP contribution in [0, 0.1) is 0 Å². The van der Waals surface area contributed by atoms with Crippen LogP contribution in [0.2, 0.25) is 5.02 Å². The molecule has 3 aromatic rings. The van der Waals surface area contributed by atoms with E-state index in [0.717, 1.165) is 11.3 Å². The maximum absolute atomic E-state index is 13.0. The van der Waals surface area contributed by atoms with E-state index in [0.29, 0.717) is 27.4 Å². The molecular formula is C21H15ClN2O2S. The van der Waals surface area contributed by atoms with E-state index in [-0.39, 0.29) is 5.91 Å². The largest absolute Gasteiger partial charge is 0.467 e. The third-order valence-corrected chi connectivity index (χ3v) is 5.19. The van der Waals surface area contributed by atoms with E-state index in [1.54, 1.807) is 23.3 Å². The number of furan rings is 1. The van der Waals surface area contributed by atoms with Crippen molar-refractivity contribution < 1.29 is 9.21 Å². The zero-order chi connectivity index (χ0) is 18.6. The normalized spacial score (nSPS) is 17.2. The Labute approximate surface area is 166 Å². The van der Waals surface area contributed by atoms with Crippen molar-refractivity contribution >= 4 is 46.2 Å². The lowest BCUT2D eigenvalue weighted by molar-refractivity contribution is -0.122. The third kappa shape index (κ3) is 4.15. The first-order valence-electron chi connectivity index (χ1n) is 8.32. The van der Waals surface area contributed by atoms with Crippen molar-refractivity contribution in [3.63, 3.8) is 0 Å². The fraction of sp³-hybridized carbons (Fsp3) is 0.0476. The number of hydrogen-bond donors (Lipinski definition) is 0. The second kappa shape index (κ2) is 7.86. The molecule has 1 saturated heterocycles. The molecule has 0 N–H and O–H groups in total. The van der Waals surface area contributed by atoms with Gasteiger partial charge in [-0.25, -0.2) is 4.99 Å². The highest BCUT2D eigenvalue weighted by Gasteiger charge is 2.34. The molecule has 0 unspecified atom stereocenters. The van der Waals surface area contributed by atoms with Crippen molar-refractivity contribution in [1.29, 1.82) is 0 Å². The first kappa shape index (κ1) is 17.6. The standard InChI is InChI=1S/C21H15ClN2O2S/c22-16-10-8-15(9-11-16)13-19-20(25)24(14-18-7-4-12-26-18)21(27-19)23-17-5-2-1-3-6-17/h1-13H,14H2/b19-13-,23-21?. The number of amides is 1. The first-order chi connectivity index (χ1) is 13.2. The van der Waals surface area contributed by atoms with Gasteiger partial charge in [-0.1, -0.05) is 41.9 Å². The van der Waals surface area contributed by atoms with Crippen molar-refractivity contribution in [1.82, 2.24) is 4.90 Å². The van der Waals surface area contributed by atoms with Crippen molar-refractivity contribution in [2.75, 3.05) is 0 Å². The minimum absolute atomic E-state index is 0.0963. The number of carbonyl (C=O) groups excluding carboxylic acids is 1. The number of benzene rings is 2. The summed E-state index contributed by atoms with van der Waals surface area (Å²) >= 11 is 7.30. The van der Waals surface area contributed by atoms with Gasteiger partial charge in [0.1, 0.15) is 5.76 Å². The highest BCUT2D eigenvalue weighted by molar-refractivity contribution is 8.18. The van der Waals surface area contributed by atoms with E-state index >= 15 is 0 Å². The lowest BCUT2D eigenvalue weighted by Gasteiger charge is -2.13. The van der Waals surface area contributed by atoms with Crippen LogP contribution in [-0.2, 0) is 11.3 Å². The van der Waals surface area contributed by atoms with Crippen LogP contribution in [0.3, 0.4) is 0 Å². The summed E-state index contributed by atoms with van der Waals surface area (Å²) in [7, 11) is 0. The summed E-state index contributed by atoms with van der Waals surface area (Å²) in [6, 6.07) is 20.6. The molecule has 6 heteroatoms. The molecular weight excluding hydrogens is 380 g/mol. The van der Waals surface area contributed by atoms with Crippen molar-refractivity contribution in [2.24, 2.45) is 4.99 Å². The summed E-state index contributed by atoms with van der Waals surface area (Å²) in [6.07, 6.45) is 3.45. The molecule has 2 aromatic carbocycles. The van der Waals surface area contributed by atoms with Gasteiger partial charge in [-0.05, 0) is 59.8 Å². The topological polar surface area (TPSA) is 45.8 Å². The Bertz CT molecular complexity index is 996. The van der Waals surface area contributed by atoms with Gasteiger partial charge < -0.3 is 4.42 Å². The Hall–Kier alpha value is -2.76. The van der Waals surface area contributed by atoms with E-state index in [1.807, 2.05) is 60.7 Å². The number of thioether (sulfide) groups is 1. The van der Waals surface area contributed by atoms with E-state index in [2.05, 4.69) is 4.99 Å². The van der Waals surface area contributed by atoms with Crippen molar-refractivity contribution in [3.05, 3.63) is 94.2 Å². The van der Waals surface area contributed by atoms with Crippen LogP contribution in [0.4, 0.5) is 5.69 Å². The Morgan fingerprint density at radius 3 is 2.52 bits per heavy atom. The van der Waals surface area contributed by atoms with Gasteiger partial charge in [-0.3, -0.25) is 9.69 Å². The fourth-order valence-corrected chi connectivity index (χ4v) is 3.74. The molecule has 0 spiro atoms. The SMILES string of the molecule is O=C1/C(=C/c2ccc(Cl)cc2)SC(=Nc2ccccc2)N1Cc1ccco1. The van der Waals surface area contributed by atoms with Crippen LogP contribution in [0.25, 0.3) is 6.08 Å². The summed E-state index contributed by atoms with van der Waals surface area (Å²) in [5.41, 5.74) is 1.71. The molecule has 0 saturated carbocycles. The zero-order valence-corrected chi connectivity index (χ0v) is 15.8. The van der Waals surface area contributed by atoms with Crippen molar-refractivity contribution in [3.8, 4) is 0 Å². The highest BCUT2D eigenvalue weighted by atomic mass is 35.5. The van der Waals surface area contributed by atoms with Crippen LogP contribution in [0.15, 0.2) is 87.3 Å². The summed E-state index contributed by atoms with van der Waals surface area (Å²) in [5.74, 6) is 0.610. The smallest absolute Gasteiger partial charge is 0.267 e. The quantitative estimate of drug-likeness (QED) is 0.530. The first-order valence-corrected chi connectivity index (χ1v) is 9.51. The van der Waals surface area contributed by atoms with Gasteiger partial charge in [0.25, 0.3) is 5.91 Å². The molecule has 1 fully saturated rings. The van der Waals surface area contributed by atoms with Gasteiger partial charge in [-0.15, -0.1) is 0 Å². The Morgan fingerprint density at radius 1 is 1.04 bits per heavy atom. The summed E-state index contributed by atoms with van der Waals surface area (Å²) < 4.78 is 5.42. The van der Waals surface area contributed by atoms with Crippen LogP contribution in [0.5, 0.6) is 0 Å². The Morgan fingerprint density at radius 2 is 1.81 bits per heavy atom. The number of hydrogen-bond acceptors (Lipinski definition) is 4. The van der Waals surface area contributed by atoms with E-state index in [4.69, 9.17) is 16.0 Å². The summed E-state index contributed by atoms with van der Waals surface area (Å²) in [6.45, 7) is 0.336. The number of carbonyl (C=O) groups is 1. The second-order valence-electron chi connectivity index (χ2n) is 5.86. The molecule has 1 aliphatic heterocycles. The van der Waals surface area contributed by atoms with Gasteiger partial charge in [0.05, 0.1) is 23.4 Å². The average molecular weight is 395 g/mol. The Balaban J connectivity index is 1.68. The van der Waals surface area contributed by atoms with Crippen LogP contribution < -0.4 is 0 Å². The van der Waals surface area contributed by atoms with Gasteiger partial charge in [-0.2, -0.15) is 0 Å². The van der Waals surface area contributed by atoms with Gasteiger partial charge in [0.2, 0.25) is 0 Å². The zero-order valence-electron chi connectivity index (χ0n) is 14.2. The molecule has 1 aromatic heterocycles. The van der Waals surface area contributed by atoms with Crippen LogP contribution >= 0.6 is 23.4 Å². The molecule has 0 radical (unpaired) electrons. The molecule has 2 heterocycles. The number of amidine groups is 1. The molecule has 1 amide bonds. The second-order valence-corrected chi connectivity index (χ2v) is 7.31. The van der Waals surface area contributed by atoms with Gasteiger partial charge >= 0.3 is 0 Å². The molecule has 1 aliphatic rings. The van der Waals surface area contributed by atoms with Gasteiger partial charge in [0, 0.05) is 5.02 Å².